The molecule has 3 aromatic carbocycles. The fourth-order valence-corrected chi connectivity index (χ4v) is 5.54. The molecule has 0 fully saturated rings. The van der Waals surface area contributed by atoms with Gasteiger partial charge in [-0.3, -0.25) is 9.59 Å². The van der Waals surface area contributed by atoms with E-state index in [9.17, 15) is 14.4 Å². The van der Waals surface area contributed by atoms with Crippen molar-refractivity contribution in [3.05, 3.63) is 106 Å². The zero-order valence-corrected chi connectivity index (χ0v) is 21.9. The van der Waals surface area contributed by atoms with E-state index in [1.807, 2.05) is 48.2 Å². The van der Waals surface area contributed by atoms with Crippen LogP contribution >= 0.6 is 11.8 Å². The van der Waals surface area contributed by atoms with Crippen LogP contribution in [-0.2, 0) is 27.3 Å². The zero-order valence-electron chi connectivity index (χ0n) is 21.1. The predicted molar refractivity (Wildman–Crippen MR) is 144 cm³/mol. The standard InChI is InChI=1S/C30H28N2O4S/c1-19(2)36-30(35)22-10-12-24(13-11-22)32-28(33)26(31-17-16-21-6-4-5-7-23(21)18-31)27(29(32)34)37-25-14-8-20(3)9-15-25/h4-15,19H,16-18H2,1-3H3. The van der Waals surface area contributed by atoms with E-state index < -0.39 is 5.97 Å². The highest BCUT2D eigenvalue weighted by Crippen LogP contribution is 2.40. The third-order valence-electron chi connectivity index (χ3n) is 6.41. The molecule has 3 aromatic rings. The van der Waals surface area contributed by atoms with Gasteiger partial charge in [-0.1, -0.05) is 53.7 Å². The van der Waals surface area contributed by atoms with Gasteiger partial charge < -0.3 is 9.64 Å². The molecule has 37 heavy (non-hydrogen) atoms. The summed E-state index contributed by atoms with van der Waals surface area (Å²) in [5.41, 5.74) is 4.76. The monoisotopic (exact) mass is 512 g/mol. The summed E-state index contributed by atoms with van der Waals surface area (Å²) in [6.07, 6.45) is 0.563. The summed E-state index contributed by atoms with van der Waals surface area (Å²) in [6.45, 7) is 6.80. The van der Waals surface area contributed by atoms with Crippen LogP contribution < -0.4 is 4.90 Å². The van der Waals surface area contributed by atoms with E-state index in [0.717, 1.165) is 22.4 Å². The summed E-state index contributed by atoms with van der Waals surface area (Å²) in [5.74, 6) is -1.15. The molecule has 0 bridgehead atoms. The fourth-order valence-electron chi connectivity index (χ4n) is 4.54. The normalized spacial score (nSPS) is 15.5. The van der Waals surface area contributed by atoms with Gasteiger partial charge in [0.1, 0.15) is 10.6 Å². The minimum Gasteiger partial charge on any atom is -0.459 e. The minimum atomic E-state index is -0.443. The van der Waals surface area contributed by atoms with Gasteiger partial charge in [-0.2, -0.15) is 0 Å². The molecule has 0 aliphatic carbocycles. The molecule has 2 aliphatic heterocycles. The van der Waals surface area contributed by atoms with Crippen molar-refractivity contribution in [3.63, 3.8) is 0 Å². The molecule has 0 aromatic heterocycles. The third kappa shape index (κ3) is 5.04. The number of hydrogen-bond donors (Lipinski definition) is 0. The SMILES string of the molecule is Cc1ccc(SC2=C(N3CCc4ccccc4C3)C(=O)N(c3ccc(C(=O)OC(C)C)cc3)C2=O)cc1. The van der Waals surface area contributed by atoms with Crippen molar-refractivity contribution in [3.8, 4) is 0 Å². The van der Waals surface area contributed by atoms with Crippen molar-refractivity contribution in [2.75, 3.05) is 11.4 Å². The average Bonchev–Trinajstić information content (AvgIpc) is 3.13. The van der Waals surface area contributed by atoms with E-state index in [1.165, 1.54) is 22.2 Å². The van der Waals surface area contributed by atoms with Crippen LogP contribution in [0.15, 0.2) is 88.3 Å². The number of esters is 1. The second-order valence-corrected chi connectivity index (χ2v) is 10.6. The van der Waals surface area contributed by atoms with E-state index in [2.05, 4.69) is 12.1 Å². The van der Waals surface area contributed by atoms with Crippen LogP contribution in [0.1, 0.15) is 40.9 Å². The highest BCUT2D eigenvalue weighted by atomic mass is 32.2. The van der Waals surface area contributed by atoms with E-state index in [4.69, 9.17) is 4.74 Å². The number of thioether (sulfide) groups is 1. The van der Waals surface area contributed by atoms with Gasteiger partial charge in [-0.15, -0.1) is 0 Å². The number of hydrogen-bond acceptors (Lipinski definition) is 6. The molecule has 6 nitrogen and oxygen atoms in total. The maximum Gasteiger partial charge on any atom is 0.338 e. The molecule has 2 heterocycles. The summed E-state index contributed by atoms with van der Waals surface area (Å²) in [7, 11) is 0. The van der Waals surface area contributed by atoms with Gasteiger partial charge >= 0.3 is 5.97 Å². The van der Waals surface area contributed by atoms with E-state index in [1.54, 1.807) is 38.1 Å². The van der Waals surface area contributed by atoms with Crippen molar-refractivity contribution in [2.45, 2.75) is 44.7 Å². The minimum absolute atomic E-state index is 0.239. The summed E-state index contributed by atoms with van der Waals surface area (Å²) < 4.78 is 5.26. The lowest BCUT2D eigenvalue weighted by molar-refractivity contribution is -0.121. The lowest BCUT2D eigenvalue weighted by Crippen LogP contribution is -2.37. The highest BCUT2D eigenvalue weighted by molar-refractivity contribution is 8.04. The molecule has 188 valence electrons. The Balaban J connectivity index is 1.49. The Bertz CT molecular complexity index is 1390. The molecule has 0 saturated heterocycles. The molecular weight excluding hydrogens is 484 g/mol. The Morgan fingerprint density at radius 1 is 0.892 bits per heavy atom. The van der Waals surface area contributed by atoms with Crippen molar-refractivity contribution in [2.24, 2.45) is 0 Å². The van der Waals surface area contributed by atoms with E-state index in [0.29, 0.717) is 34.9 Å². The molecule has 2 amide bonds. The van der Waals surface area contributed by atoms with E-state index >= 15 is 0 Å². The number of ether oxygens (including phenoxy) is 1. The number of carbonyl (C=O) groups is 3. The topological polar surface area (TPSA) is 66.9 Å². The fraction of sp³-hybridized carbons (Fsp3) is 0.233. The molecule has 2 aliphatic rings. The quantitative estimate of drug-likeness (QED) is 0.321. The Hall–Kier alpha value is -3.84. The lowest BCUT2D eigenvalue weighted by Gasteiger charge is -2.31. The Labute approximate surface area is 220 Å². The first-order valence-electron chi connectivity index (χ1n) is 12.3. The van der Waals surface area contributed by atoms with Crippen LogP contribution in [-0.4, -0.2) is 35.3 Å². The number of carbonyl (C=O) groups excluding carboxylic acids is 3. The summed E-state index contributed by atoms with van der Waals surface area (Å²) in [4.78, 5) is 44.4. The predicted octanol–water partition coefficient (Wildman–Crippen LogP) is 5.50. The number of imide groups is 1. The van der Waals surface area contributed by atoms with Gasteiger partial charge in [0.15, 0.2) is 0 Å². The van der Waals surface area contributed by atoms with E-state index in [-0.39, 0.29) is 17.9 Å². The molecule has 0 atom stereocenters. The molecule has 7 heteroatoms. The molecule has 0 spiro atoms. The van der Waals surface area contributed by atoms with Gasteiger partial charge in [0.05, 0.1) is 17.4 Å². The van der Waals surface area contributed by atoms with Crippen LogP contribution in [0.4, 0.5) is 5.69 Å². The second kappa shape index (κ2) is 10.3. The van der Waals surface area contributed by atoms with Crippen molar-refractivity contribution < 1.29 is 19.1 Å². The van der Waals surface area contributed by atoms with Crippen LogP contribution in [0.2, 0.25) is 0 Å². The van der Waals surface area contributed by atoms with Crippen LogP contribution in [0.3, 0.4) is 0 Å². The maximum absolute atomic E-state index is 13.8. The van der Waals surface area contributed by atoms with Crippen molar-refractivity contribution >= 4 is 35.2 Å². The first-order valence-corrected chi connectivity index (χ1v) is 13.1. The van der Waals surface area contributed by atoms with Crippen LogP contribution in [0.5, 0.6) is 0 Å². The molecule has 0 saturated carbocycles. The largest absolute Gasteiger partial charge is 0.459 e. The Morgan fingerprint density at radius 3 is 2.24 bits per heavy atom. The molecular formula is C30H28N2O4S. The highest BCUT2D eigenvalue weighted by Gasteiger charge is 2.43. The average molecular weight is 513 g/mol. The van der Waals surface area contributed by atoms with Gasteiger partial charge in [-0.05, 0) is 74.7 Å². The molecule has 0 radical (unpaired) electrons. The second-order valence-electron chi connectivity index (χ2n) is 9.48. The van der Waals surface area contributed by atoms with Crippen molar-refractivity contribution in [1.29, 1.82) is 0 Å². The Kier molecular flexibility index (Phi) is 6.89. The van der Waals surface area contributed by atoms with Gasteiger partial charge in [-0.25, -0.2) is 9.69 Å². The number of nitrogens with zero attached hydrogens (tertiary/aromatic N) is 2. The molecule has 0 unspecified atom stereocenters. The molecule has 5 rings (SSSR count). The first kappa shape index (κ1) is 24.8. The van der Waals surface area contributed by atoms with Crippen LogP contribution in [0, 0.1) is 6.92 Å². The number of rotatable bonds is 6. The number of anilines is 1. The van der Waals surface area contributed by atoms with Crippen LogP contribution in [0.25, 0.3) is 0 Å². The lowest BCUT2D eigenvalue weighted by atomic mass is 9.99. The van der Waals surface area contributed by atoms with Crippen molar-refractivity contribution in [1.82, 2.24) is 4.90 Å². The number of benzene rings is 3. The number of amides is 2. The summed E-state index contributed by atoms with van der Waals surface area (Å²) >= 11 is 1.32. The number of aryl methyl sites for hydroxylation is 1. The zero-order chi connectivity index (χ0) is 26.1. The first-order chi connectivity index (χ1) is 17.8. The Morgan fingerprint density at radius 2 is 1.57 bits per heavy atom. The third-order valence-corrected chi connectivity index (χ3v) is 7.49. The van der Waals surface area contributed by atoms with Gasteiger partial charge in [0.25, 0.3) is 11.8 Å². The van der Waals surface area contributed by atoms with Gasteiger partial charge in [0, 0.05) is 18.0 Å². The smallest absolute Gasteiger partial charge is 0.338 e. The molecule has 0 N–H and O–H groups in total. The maximum atomic E-state index is 13.8. The summed E-state index contributed by atoms with van der Waals surface area (Å²) in [5, 5.41) is 0. The summed E-state index contributed by atoms with van der Waals surface area (Å²) in [6, 6.07) is 22.5. The number of fused-ring (bicyclic) bond motifs is 1. The van der Waals surface area contributed by atoms with Gasteiger partial charge in [0.2, 0.25) is 0 Å².